The topological polar surface area (TPSA) is 48.1 Å². The molecule has 1 fully saturated rings. The number of hydrogen-bond acceptors (Lipinski definition) is 2. The number of aromatic nitrogens is 1. The summed E-state index contributed by atoms with van der Waals surface area (Å²) < 4.78 is 0. The first kappa shape index (κ1) is 14.9. The molecule has 1 aliphatic rings. The van der Waals surface area contributed by atoms with Crippen LogP contribution >= 0.6 is 0 Å². The highest BCUT2D eigenvalue weighted by molar-refractivity contribution is 5.92. The molecule has 3 rings (SSSR count). The molecule has 0 spiro atoms. The number of likely N-dealkylation sites (tertiary alicyclic amines) is 1. The Morgan fingerprint density at radius 3 is 2.82 bits per heavy atom. The minimum absolute atomic E-state index is 0.0183. The Morgan fingerprint density at radius 2 is 2.05 bits per heavy atom. The van der Waals surface area contributed by atoms with Gasteiger partial charge in [0.15, 0.2) is 0 Å². The quantitative estimate of drug-likeness (QED) is 0.891. The van der Waals surface area contributed by atoms with Gasteiger partial charge >= 0.3 is 0 Å². The van der Waals surface area contributed by atoms with Gasteiger partial charge in [-0.1, -0.05) is 36.8 Å². The van der Waals surface area contributed by atoms with Gasteiger partial charge in [-0.25, -0.2) is 0 Å². The van der Waals surface area contributed by atoms with Gasteiger partial charge < -0.3 is 10.3 Å². The van der Waals surface area contributed by atoms with Crippen molar-refractivity contribution in [2.75, 3.05) is 13.1 Å². The smallest absolute Gasteiger partial charge is 0.267 e. The molecule has 0 aliphatic carbocycles. The third-order valence-corrected chi connectivity index (χ3v) is 4.32. The zero-order chi connectivity index (χ0) is 15.2. The molecule has 0 saturated carbocycles. The van der Waals surface area contributed by atoms with E-state index < -0.39 is 0 Å². The standard InChI is InChI=1S/C18H23N3O/c22-18(17-10-6-11-19-17)20-13-16-9-4-5-12-21(16)14-15-7-2-1-3-8-15/h1-3,6-8,10-11,16,19H,4-5,9,12-14H2,(H,20,22)/t16-/m0/s1. The van der Waals surface area contributed by atoms with Gasteiger partial charge in [0.2, 0.25) is 0 Å². The molecule has 1 aromatic carbocycles. The van der Waals surface area contributed by atoms with E-state index in [1.807, 2.05) is 12.1 Å². The van der Waals surface area contributed by atoms with Gasteiger partial charge in [0.05, 0.1) is 0 Å². The fourth-order valence-corrected chi connectivity index (χ4v) is 3.09. The predicted octanol–water partition coefficient (Wildman–Crippen LogP) is 2.80. The lowest BCUT2D eigenvalue weighted by Crippen LogP contribution is -2.46. The van der Waals surface area contributed by atoms with Crippen molar-refractivity contribution in [2.45, 2.75) is 31.8 Å². The van der Waals surface area contributed by atoms with E-state index in [0.29, 0.717) is 18.3 Å². The number of benzene rings is 1. The van der Waals surface area contributed by atoms with Gasteiger partial charge in [-0.15, -0.1) is 0 Å². The molecule has 1 atom stereocenters. The minimum Gasteiger partial charge on any atom is -0.357 e. The molecule has 2 aromatic rings. The summed E-state index contributed by atoms with van der Waals surface area (Å²) in [5.41, 5.74) is 1.97. The number of hydrogen-bond donors (Lipinski definition) is 2. The average Bonchev–Trinajstić information content (AvgIpc) is 3.09. The molecule has 22 heavy (non-hydrogen) atoms. The first-order chi connectivity index (χ1) is 10.8. The Morgan fingerprint density at radius 1 is 1.18 bits per heavy atom. The van der Waals surface area contributed by atoms with Crippen molar-refractivity contribution >= 4 is 5.91 Å². The van der Waals surface area contributed by atoms with Crippen LogP contribution in [0, 0.1) is 0 Å². The van der Waals surface area contributed by atoms with Crippen molar-refractivity contribution in [1.29, 1.82) is 0 Å². The highest BCUT2D eigenvalue weighted by Gasteiger charge is 2.23. The van der Waals surface area contributed by atoms with Crippen LogP contribution < -0.4 is 5.32 Å². The maximum absolute atomic E-state index is 12.1. The third kappa shape index (κ3) is 3.77. The third-order valence-electron chi connectivity index (χ3n) is 4.32. The Hall–Kier alpha value is -2.07. The van der Waals surface area contributed by atoms with Crippen LogP contribution in [0.15, 0.2) is 48.7 Å². The Kier molecular flexibility index (Phi) is 4.91. The van der Waals surface area contributed by atoms with E-state index >= 15 is 0 Å². The van der Waals surface area contributed by atoms with E-state index in [9.17, 15) is 4.79 Å². The van der Waals surface area contributed by atoms with Crippen molar-refractivity contribution in [1.82, 2.24) is 15.2 Å². The summed E-state index contributed by atoms with van der Waals surface area (Å²) >= 11 is 0. The summed E-state index contributed by atoms with van der Waals surface area (Å²) in [6.45, 7) is 2.78. The summed E-state index contributed by atoms with van der Waals surface area (Å²) in [6, 6.07) is 14.6. The summed E-state index contributed by atoms with van der Waals surface area (Å²) in [5.74, 6) is -0.0183. The number of carbonyl (C=O) groups excluding carboxylic acids is 1. The number of aromatic amines is 1. The van der Waals surface area contributed by atoms with Gasteiger partial charge in [0.1, 0.15) is 5.69 Å². The van der Waals surface area contributed by atoms with Gasteiger partial charge in [0, 0.05) is 25.3 Å². The van der Waals surface area contributed by atoms with Crippen LogP contribution in [0.2, 0.25) is 0 Å². The number of nitrogens with one attached hydrogen (secondary N) is 2. The first-order valence-electron chi connectivity index (χ1n) is 8.02. The lowest BCUT2D eigenvalue weighted by Gasteiger charge is -2.35. The van der Waals surface area contributed by atoms with Crippen LogP contribution in [0.3, 0.4) is 0 Å². The maximum Gasteiger partial charge on any atom is 0.267 e. The molecule has 2 N–H and O–H groups in total. The fraction of sp³-hybridized carbons (Fsp3) is 0.389. The van der Waals surface area contributed by atoms with E-state index in [1.54, 1.807) is 12.3 Å². The predicted molar refractivity (Wildman–Crippen MR) is 87.6 cm³/mol. The second kappa shape index (κ2) is 7.27. The number of amides is 1. The lowest BCUT2D eigenvalue weighted by atomic mass is 10.0. The molecule has 4 nitrogen and oxygen atoms in total. The van der Waals surface area contributed by atoms with Gasteiger partial charge in [-0.05, 0) is 37.1 Å². The molecule has 4 heteroatoms. The number of carbonyl (C=O) groups is 1. The average molecular weight is 297 g/mol. The van der Waals surface area contributed by atoms with E-state index in [2.05, 4.69) is 39.5 Å². The molecule has 2 heterocycles. The van der Waals surface area contributed by atoms with Crippen LogP contribution in [-0.2, 0) is 6.54 Å². The SMILES string of the molecule is O=C(NC[C@@H]1CCCCN1Cc1ccccc1)c1ccc[nH]1. The normalized spacial score (nSPS) is 19.0. The summed E-state index contributed by atoms with van der Waals surface area (Å²) in [7, 11) is 0. The summed E-state index contributed by atoms with van der Waals surface area (Å²) in [6.07, 6.45) is 5.41. The van der Waals surface area contributed by atoms with Crippen molar-refractivity contribution in [2.24, 2.45) is 0 Å². The summed E-state index contributed by atoms with van der Waals surface area (Å²) in [5, 5.41) is 3.06. The fourth-order valence-electron chi connectivity index (χ4n) is 3.09. The van der Waals surface area contributed by atoms with Gasteiger partial charge in [0.25, 0.3) is 5.91 Å². The van der Waals surface area contributed by atoms with E-state index in [4.69, 9.17) is 0 Å². The molecule has 0 radical (unpaired) electrons. The molecule has 0 bridgehead atoms. The Balaban J connectivity index is 1.57. The van der Waals surface area contributed by atoms with Crippen molar-refractivity contribution in [3.63, 3.8) is 0 Å². The van der Waals surface area contributed by atoms with Crippen LogP contribution in [0.4, 0.5) is 0 Å². The highest BCUT2D eigenvalue weighted by atomic mass is 16.1. The van der Waals surface area contributed by atoms with E-state index in [-0.39, 0.29) is 5.91 Å². The Labute approximate surface area is 131 Å². The van der Waals surface area contributed by atoms with Crippen LogP contribution in [0.5, 0.6) is 0 Å². The van der Waals surface area contributed by atoms with Gasteiger partial charge in [-0.2, -0.15) is 0 Å². The molecule has 1 saturated heterocycles. The maximum atomic E-state index is 12.1. The largest absolute Gasteiger partial charge is 0.357 e. The van der Waals surface area contributed by atoms with Crippen molar-refractivity contribution < 1.29 is 4.79 Å². The second-order valence-corrected chi connectivity index (χ2v) is 5.90. The van der Waals surface area contributed by atoms with E-state index in [0.717, 1.165) is 19.5 Å². The van der Waals surface area contributed by atoms with Crippen molar-refractivity contribution in [3.05, 3.63) is 59.9 Å². The number of piperidine rings is 1. The van der Waals surface area contributed by atoms with Crippen LogP contribution in [-0.4, -0.2) is 34.9 Å². The molecule has 116 valence electrons. The zero-order valence-electron chi connectivity index (χ0n) is 12.8. The monoisotopic (exact) mass is 297 g/mol. The molecule has 1 aromatic heterocycles. The number of H-pyrrole nitrogens is 1. The van der Waals surface area contributed by atoms with E-state index in [1.165, 1.54) is 18.4 Å². The van der Waals surface area contributed by atoms with Crippen molar-refractivity contribution in [3.8, 4) is 0 Å². The second-order valence-electron chi connectivity index (χ2n) is 5.90. The first-order valence-corrected chi connectivity index (χ1v) is 8.02. The number of nitrogens with zero attached hydrogens (tertiary/aromatic N) is 1. The van der Waals surface area contributed by atoms with Crippen LogP contribution in [0.1, 0.15) is 35.3 Å². The number of rotatable bonds is 5. The Bertz CT molecular complexity index is 580. The molecule has 0 unspecified atom stereocenters. The highest BCUT2D eigenvalue weighted by Crippen LogP contribution is 2.19. The molecular weight excluding hydrogens is 274 g/mol. The minimum atomic E-state index is -0.0183. The molecule has 1 amide bonds. The van der Waals surface area contributed by atoms with Crippen LogP contribution in [0.25, 0.3) is 0 Å². The molecular formula is C18H23N3O. The lowest BCUT2D eigenvalue weighted by molar-refractivity contribution is 0.0903. The summed E-state index contributed by atoms with van der Waals surface area (Å²) in [4.78, 5) is 17.5. The zero-order valence-corrected chi connectivity index (χ0v) is 12.8. The van der Waals surface area contributed by atoms with Gasteiger partial charge in [-0.3, -0.25) is 9.69 Å². The molecule has 1 aliphatic heterocycles.